The van der Waals surface area contributed by atoms with Crippen LogP contribution in [-0.4, -0.2) is 41.8 Å². The van der Waals surface area contributed by atoms with Crippen molar-refractivity contribution in [3.8, 4) is 0 Å². The molecule has 1 saturated carbocycles. The topological polar surface area (TPSA) is 49.5 Å². The Morgan fingerprint density at radius 2 is 2.06 bits per heavy atom. The molecule has 2 unspecified atom stereocenters. The van der Waals surface area contributed by atoms with Crippen LogP contribution in [0.15, 0.2) is 0 Å². The van der Waals surface area contributed by atoms with E-state index in [4.69, 9.17) is 5.73 Å². The number of nitrogens with two attached hydrogens (primary N) is 1. The first-order chi connectivity index (χ1) is 7.55. The van der Waals surface area contributed by atoms with E-state index in [2.05, 4.69) is 25.7 Å². The quantitative estimate of drug-likeness (QED) is 0.661. The monoisotopic (exact) mass is 228 g/mol. The van der Waals surface area contributed by atoms with Crippen LogP contribution in [0.4, 0.5) is 0 Å². The molecule has 3 nitrogen and oxygen atoms in total. The van der Waals surface area contributed by atoms with Gasteiger partial charge in [-0.15, -0.1) is 0 Å². The van der Waals surface area contributed by atoms with Crippen LogP contribution >= 0.6 is 0 Å². The lowest BCUT2D eigenvalue weighted by Crippen LogP contribution is -2.55. The molecule has 0 bridgehead atoms. The average molecular weight is 228 g/mol. The van der Waals surface area contributed by atoms with E-state index in [1.165, 1.54) is 19.3 Å². The Bertz CT molecular complexity index is 206. The zero-order valence-electron chi connectivity index (χ0n) is 11.1. The molecule has 1 aliphatic rings. The van der Waals surface area contributed by atoms with Crippen molar-refractivity contribution in [1.82, 2.24) is 4.90 Å². The highest BCUT2D eigenvalue weighted by Gasteiger charge is 2.42. The van der Waals surface area contributed by atoms with Gasteiger partial charge in [0.25, 0.3) is 0 Å². The fraction of sp³-hybridized carbons (Fsp3) is 1.00. The number of likely N-dealkylation sites (N-methyl/N-ethyl adjacent to an activating group) is 1. The van der Waals surface area contributed by atoms with E-state index in [1.807, 2.05) is 0 Å². The molecule has 3 heteroatoms. The standard InChI is InChI=1S/C13H28N2O/c1-4-11(3)8-15(5-2)9-13(14,10-16)12-6-7-12/h11-12,16H,4-10,14H2,1-3H3. The number of hydrogen-bond donors (Lipinski definition) is 2. The van der Waals surface area contributed by atoms with Gasteiger partial charge in [0.2, 0.25) is 0 Å². The zero-order chi connectivity index (χ0) is 12.2. The summed E-state index contributed by atoms with van der Waals surface area (Å²) in [5.41, 5.74) is 5.95. The molecule has 3 N–H and O–H groups in total. The van der Waals surface area contributed by atoms with Crippen LogP contribution < -0.4 is 5.73 Å². The van der Waals surface area contributed by atoms with E-state index in [-0.39, 0.29) is 12.1 Å². The van der Waals surface area contributed by atoms with Gasteiger partial charge in [-0.1, -0.05) is 27.2 Å². The molecule has 0 amide bonds. The van der Waals surface area contributed by atoms with Gasteiger partial charge in [-0.25, -0.2) is 0 Å². The molecule has 1 rings (SSSR count). The summed E-state index contributed by atoms with van der Waals surface area (Å²) >= 11 is 0. The van der Waals surface area contributed by atoms with Crippen molar-refractivity contribution < 1.29 is 5.11 Å². The van der Waals surface area contributed by atoms with Gasteiger partial charge in [0.15, 0.2) is 0 Å². The second-order valence-electron chi connectivity index (χ2n) is 5.51. The molecule has 0 heterocycles. The van der Waals surface area contributed by atoms with Crippen LogP contribution in [0.25, 0.3) is 0 Å². The number of rotatable bonds is 8. The molecule has 0 aromatic heterocycles. The van der Waals surface area contributed by atoms with E-state index in [1.54, 1.807) is 0 Å². The van der Waals surface area contributed by atoms with Crippen LogP contribution in [0.1, 0.15) is 40.0 Å². The van der Waals surface area contributed by atoms with Crippen molar-refractivity contribution in [3.05, 3.63) is 0 Å². The second-order valence-corrected chi connectivity index (χ2v) is 5.51. The highest BCUT2D eigenvalue weighted by molar-refractivity contribution is 5.00. The SMILES string of the molecule is CCC(C)CN(CC)CC(N)(CO)C1CC1. The molecule has 0 radical (unpaired) electrons. The molecule has 0 spiro atoms. The highest BCUT2D eigenvalue weighted by Crippen LogP contribution is 2.38. The van der Waals surface area contributed by atoms with Crippen molar-refractivity contribution in [2.24, 2.45) is 17.6 Å². The van der Waals surface area contributed by atoms with Gasteiger partial charge in [0.1, 0.15) is 0 Å². The lowest BCUT2D eigenvalue weighted by molar-refractivity contribution is 0.115. The van der Waals surface area contributed by atoms with Gasteiger partial charge in [0, 0.05) is 13.1 Å². The number of nitrogens with zero attached hydrogens (tertiary/aromatic N) is 1. The molecule has 2 atom stereocenters. The lowest BCUT2D eigenvalue weighted by atomic mass is 9.94. The van der Waals surface area contributed by atoms with Gasteiger partial charge in [-0.05, 0) is 31.2 Å². The van der Waals surface area contributed by atoms with E-state index < -0.39 is 0 Å². The maximum absolute atomic E-state index is 9.48. The molecule has 96 valence electrons. The lowest BCUT2D eigenvalue weighted by Gasteiger charge is -2.35. The molecule has 16 heavy (non-hydrogen) atoms. The highest BCUT2D eigenvalue weighted by atomic mass is 16.3. The fourth-order valence-electron chi connectivity index (χ4n) is 2.26. The Hall–Kier alpha value is -0.120. The second kappa shape index (κ2) is 5.99. The van der Waals surface area contributed by atoms with Gasteiger partial charge < -0.3 is 15.7 Å². The van der Waals surface area contributed by atoms with E-state index >= 15 is 0 Å². The maximum Gasteiger partial charge on any atom is 0.0626 e. The third-order valence-corrected chi connectivity index (χ3v) is 3.92. The summed E-state index contributed by atoms with van der Waals surface area (Å²) in [5, 5.41) is 9.48. The van der Waals surface area contributed by atoms with E-state index in [0.717, 1.165) is 19.6 Å². The molecule has 0 saturated heterocycles. The van der Waals surface area contributed by atoms with Crippen molar-refractivity contribution in [2.75, 3.05) is 26.2 Å². The minimum Gasteiger partial charge on any atom is -0.394 e. The molecular weight excluding hydrogens is 200 g/mol. The summed E-state index contributed by atoms with van der Waals surface area (Å²) in [6.07, 6.45) is 3.59. The summed E-state index contributed by atoms with van der Waals surface area (Å²) in [7, 11) is 0. The summed E-state index contributed by atoms with van der Waals surface area (Å²) in [5.74, 6) is 1.26. The largest absolute Gasteiger partial charge is 0.394 e. The molecule has 0 aromatic carbocycles. The average Bonchev–Trinajstić information content (AvgIpc) is 3.11. The third-order valence-electron chi connectivity index (χ3n) is 3.92. The Morgan fingerprint density at radius 3 is 2.44 bits per heavy atom. The minimum absolute atomic E-state index is 0.120. The Morgan fingerprint density at radius 1 is 1.44 bits per heavy atom. The van der Waals surface area contributed by atoms with Crippen LogP contribution in [0, 0.1) is 11.8 Å². The number of aliphatic hydroxyl groups excluding tert-OH is 1. The maximum atomic E-state index is 9.48. The van der Waals surface area contributed by atoms with Gasteiger partial charge in [0.05, 0.1) is 12.1 Å². The molecule has 1 fully saturated rings. The summed E-state index contributed by atoms with van der Waals surface area (Å²) in [6, 6.07) is 0. The minimum atomic E-state index is -0.358. The van der Waals surface area contributed by atoms with Crippen LogP contribution in [-0.2, 0) is 0 Å². The van der Waals surface area contributed by atoms with Crippen molar-refractivity contribution in [3.63, 3.8) is 0 Å². The fourth-order valence-corrected chi connectivity index (χ4v) is 2.26. The first-order valence-electron chi connectivity index (χ1n) is 6.67. The van der Waals surface area contributed by atoms with Gasteiger partial charge >= 0.3 is 0 Å². The Labute approximate surface area is 100 Å². The first kappa shape index (κ1) is 13.9. The van der Waals surface area contributed by atoms with Crippen LogP contribution in [0.2, 0.25) is 0 Å². The van der Waals surface area contributed by atoms with Gasteiger partial charge in [-0.3, -0.25) is 0 Å². The number of aliphatic hydroxyl groups is 1. The van der Waals surface area contributed by atoms with E-state index in [9.17, 15) is 5.11 Å². The Balaban J connectivity index is 2.46. The van der Waals surface area contributed by atoms with Crippen molar-refractivity contribution in [1.29, 1.82) is 0 Å². The Kier molecular flexibility index (Phi) is 5.22. The van der Waals surface area contributed by atoms with Gasteiger partial charge in [-0.2, -0.15) is 0 Å². The number of hydrogen-bond acceptors (Lipinski definition) is 3. The molecule has 1 aliphatic carbocycles. The third kappa shape index (κ3) is 3.72. The zero-order valence-corrected chi connectivity index (χ0v) is 11.1. The van der Waals surface area contributed by atoms with Crippen molar-refractivity contribution >= 4 is 0 Å². The first-order valence-corrected chi connectivity index (χ1v) is 6.67. The summed E-state index contributed by atoms with van der Waals surface area (Å²) in [4.78, 5) is 2.39. The molecule has 0 aliphatic heterocycles. The smallest absolute Gasteiger partial charge is 0.0626 e. The molecular formula is C13H28N2O. The van der Waals surface area contributed by atoms with E-state index in [0.29, 0.717) is 11.8 Å². The summed E-state index contributed by atoms with van der Waals surface area (Å²) < 4.78 is 0. The van der Waals surface area contributed by atoms with Crippen LogP contribution in [0.3, 0.4) is 0 Å². The van der Waals surface area contributed by atoms with Crippen LogP contribution in [0.5, 0.6) is 0 Å². The molecule has 0 aromatic rings. The summed E-state index contributed by atoms with van der Waals surface area (Å²) in [6.45, 7) is 9.75. The normalized spacial score (nSPS) is 22.1. The predicted molar refractivity (Wildman–Crippen MR) is 68.3 cm³/mol. The van der Waals surface area contributed by atoms with Crippen molar-refractivity contribution in [2.45, 2.75) is 45.6 Å². The predicted octanol–water partition coefficient (Wildman–Crippen LogP) is 1.45.